The highest BCUT2D eigenvalue weighted by Gasteiger charge is 2.04. The highest BCUT2D eigenvalue weighted by atomic mass is 14.9. The van der Waals surface area contributed by atoms with Crippen molar-refractivity contribution in [2.24, 2.45) is 5.92 Å². The summed E-state index contributed by atoms with van der Waals surface area (Å²) in [5.74, 6) is 1.28. The second kappa shape index (κ2) is 5.04. The molecule has 0 aromatic heterocycles. The van der Waals surface area contributed by atoms with E-state index < -0.39 is 0 Å². The van der Waals surface area contributed by atoms with Gasteiger partial charge in [-0.25, -0.2) is 0 Å². The Bertz CT molecular complexity index is 276. The van der Waals surface area contributed by atoms with Gasteiger partial charge < -0.3 is 5.32 Å². The summed E-state index contributed by atoms with van der Waals surface area (Å²) in [7, 11) is 0. The number of hydrogen-bond acceptors (Lipinski definition) is 1. The van der Waals surface area contributed by atoms with Crippen LogP contribution in [-0.2, 0) is 0 Å². The van der Waals surface area contributed by atoms with Crippen LogP contribution in [0.3, 0.4) is 0 Å². The van der Waals surface area contributed by atoms with Crippen LogP contribution in [0.1, 0.15) is 39.2 Å². The monoisotopic (exact) mass is 191 g/mol. The molecule has 78 valence electrons. The molecule has 0 amide bonds. The first kappa shape index (κ1) is 11.1. The third-order valence-electron chi connectivity index (χ3n) is 2.28. The molecule has 0 aliphatic heterocycles. The summed E-state index contributed by atoms with van der Waals surface area (Å²) in [6.45, 7) is 9.96. The molecule has 1 aromatic rings. The highest BCUT2D eigenvalue weighted by molar-refractivity contribution is 5.52. The van der Waals surface area contributed by atoms with Gasteiger partial charge in [-0.2, -0.15) is 0 Å². The van der Waals surface area contributed by atoms with Gasteiger partial charge in [0.25, 0.3) is 0 Å². The van der Waals surface area contributed by atoms with E-state index in [1.807, 2.05) is 0 Å². The Morgan fingerprint density at radius 3 is 2.29 bits per heavy atom. The van der Waals surface area contributed by atoms with Crippen LogP contribution < -0.4 is 5.32 Å². The molecule has 0 radical (unpaired) electrons. The molecule has 0 saturated carbocycles. The molecular weight excluding hydrogens is 170 g/mol. The van der Waals surface area contributed by atoms with Crippen LogP contribution >= 0.6 is 0 Å². The van der Waals surface area contributed by atoms with Crippen LogP contribution in [-0.4, -0.2) is 6.54 Å². The molecule has 0 saturated heterocycles. The number of para-hydroxylation sites is 1. The quantitative estimate of drug-likeness (QED) is 0.761. The molecule has 0 spiro atoms. The normalized spacial score (nSPS) is 11.0. The predicted molar refractivity (Wildman–Crippen MR) is 63.9 cm³/mol. The van der Waals surface area contributed by atoms with E-state index in [1.165, 1.54) is 11.3 Å². The Morgan fingerprint density at radius 1 is 1.07 bits per heavy atom. The SMILES string of the molecule is CC(C)CNc1ccccc1C(C)C. The fourth-order valence-corrected chi connectivity index (χ4v) is 1.48. The minimum atomic E-state index is 0.589. The molecule has 1 heteroatoms. The Labute approximate surface area is 87.5 Å². The van der Waals surface area contributed by atoms with Crippen LogP contribution in [0.2, 0.25) is 0 Å². The van der Waals surface area contributed by atoms with Crippen LogP contribution in [0, 0.1) is 5.92 Å². The molecule has 0 unspecified atom stereocenters. The molecule has 1 nitrogen and oxygen atoms in total. The number of benzene rings is 1. The van der Waals surface area contributed by atoms with E-state index in [-0.39, 0.29) is 0 Å². The topological polar surface area (TPSA) is 12.0 Å². The van der Waals surface area contributed by atoms with E-state index in [2.05, 4.69) is 57.3 Å². The first-order valence-corrected chi connectivity index (χ1v) is 5.44. The minimum Gasteiger partial charge on any atom is -0.385 e. The van der Waals surface area contributed by atoms with E-state index >= 15 is 0 Å². The van der Waals surface area contributed by atoms with Gasteiger partial charge in [0.2, 0.25) is 0 Å². The lowest BCUT2D eigenvalue weighted by Crippen LogP contribution is -2.09. The molecule has 0 aliphatic rings. The van der Waals surface area contributed by atoms with Gasteiger partial charge in [-0.15, -0.1) is 0 Å². The molecule has 0 aliphatic carbocycles. The number of nitrogens with one attached hydrogen (secondary N) is 1. The summed E-state index contributed by atoms with van der Waals surface area (Å²) in [4.78, 5) is 0. The summed E-state index contributed by atoms with van der Waals surface area (Å²) in [5, 5.41) is 3.49. The van der Waals surface area contributed by atoms with Crippen molar-refractivity contribution in [3.63, 3.8) is 0 Å². The van der Waals surface area contributed by atoms with E-state index in [1.54, 1.807) is 0 Å². The fourth-order valence-electron chi connectivity index (χ4n) is 1.48. The summed E-state index contributed by atoms with van der Waals surface area (Å²) in [6, 6.07) is 8.56. The largest absolute Gasteiger partial charge is 0.385 e. The molecule has 0 atom stereocenters. The van der Waals surface area contributed by atoms with Crippen molar-refractivity contribution < 1.29 is 0 Å². The molecule has 0 fully saturated rings. The molecule has 1 N–H and O–H groups in total. The van der Waals surface area contributed by atoms with E-state index in [0.717, 1.165) is 6.54 Å². The van der Waals surface area contributed by atoms with Crippen molar-refractivity contribution in [2.45, 2.75) is 33.6 Å². The minimum absolute atomic E-state index is 0.589. The van der Waals surface area contributed by atoms with Gasteiger partial charge in [-0.05, 0) is 23.5 Å². The van der Waals surface area contributed by atoms with E-state index in [4.69, 9.17) is 0 Å². The lowest BCUT2D eigenvalue weighted by atomic mass is 10.0. The van der Waals surface area contributed by atoms with Gasteiger partial charge in [-0.3, -0.25) is 0 Å². The number of anilines is 1. The summed E-state index contributed by atoms with van der Waals surface area (Å²) >= 11 is 0. The first-order valence-electron chi connectivity index (χ1n) is 5.44. The Hall–Kier alpha value is -0.980. The maximum absolute atomic E-state index is 3.49. The molecule has 1 rings (SSSR count). The van der Waals surface area contributed by atoms with Crippen molar-refractivity contribution in [3.05, 3.63) is 29.8 Å². The maximum atomic E-state index is 3.49. The Morgan fingerprint density at radius 2 is 1.71 bits per heavy atom. The Balaban J connectivity index is 2.74. The first-order chi connectivity index (χ1) is 6.61. The highest BCUT2D eigenvalue weighted by Crippen LogP contribution is 2.23. The fraction of sp³-hybridized carbons (Fsp3) is 0.538. The van der Waals surface area contributed by atoms with Gasteiger partial charge >= 0.3 is 0 Å². The number of rotatable bonds is 4. The number of hydrogen-bond donors (Lipinski definition) is 1. The van der Waals surface area contributed by atoms with Gasteiger partial charge in [0.05, 0.1) is 0 Å². The van der Waals surface area contributed by atoms with Crippen LogP contribution in [0.4, 0.5) is 5.69 Å². The van der Waals surface area contributed by atoms with E-state index in [9.17, 15) is 0 Å². The van der Waals surface area contributed by atoms with Crippen molar-refractivity contribution in [1.82, 2.24) is 0 Å². The third kappa shape index (κ3) is 3.06. The average molecular weight is 191 g/mol. The summed E-state index contributed by atoms with van der Waals surface area (Å²) < 4.78 is 0. The van der Waals surface area contributed by atoms with Crippen molar-refractivity contribution in [2.75, 3.05) is 11.9 Å². The second-order valence-electron chi connectivity index (χ2n) is 4.52. The zero-order valence-electron chi connectivity index (χ0n) is 9.67. The standard InChI is InChI=1S/C13H21N/c1-10(2)9-14-13-8-6-5-7-12(13)11(3)4/h5-8,10-11,14H,9H2,1-4H3. The third-order valence-corrected chi connectivity index (χ3v) is 2.28. The van der Waals surface area contributed by atoms with Crippen LogP contribution in [0.15, 0.2) is 24.3 Å². The zero-order valence-corrected chi connectivity index (χ0v) is 9.67. The molecule has 0 bridgehead atoms. The smallest absolute Gasteiger partial charge is 0.0375 e. The molecule has 0 heterocycles. The predicted octanol–water partition coefficient (Wildman–Crippen LogP) is 3.88. The van der Waals surface area contributed by atoms with Gasteiger partial charge in [0.15, 0.2) is 0 Å². The van der Waals surface area contributed by atoms with Crippen LogP contribution in [0.25, 0.3) is 0 Å². The molecular formula is C13H21N. The molecule has 1 aromatic carbocycles. The lowest BCUT2D eigenvalue weighted by Gasteiger charge is -2.15. The average Bonchev–Trinajstić information content (AvgIpc) is 2.15. The van der Waals surface area contributed by atoms with Crippen molar-refractivity contribution >= 4 is 5.69 Å². The zero-order chi connectivity index (χ0) is 10.6. The van der Waals surface area contributed by atoms with Crippen molar-refractivity contribution in [1.29, 1.82) is 0 Å². The summed E-state index contributed by atoms with van der Waals surface area (Å²) in [6.07, 6.45) is 0. The Kier molecular flexibility index (Phi) is 3.99. The second-order valence-corrected chi connectivity index (χ2v) is 4.52. The maximum Gasteiger partial charge on any atom is 0.0375 e. The molecule has 14 heavy (non-hydrogen) atoms. The van der Waals surface area contributed by atoms with Gasteiger partial charge in [-0.1, -0.05) is 45.9 Å². The van der Waals surface area contributed by atoms with Crippen molar-refractivity contribution in [3.8, 4) is 0 Å². The van der Waals surface area contributed by atoms with E-state index in [0.29, 0.717) is 11.8 Å². The van der Waals surface area contributed by atoms with Gasteiger partial charge in [0, 0.05) is 12.2 Å². The lowest BCUT2D eigenvalue weighted by molar-refractivity contribution is 0.687. The summed E-state index contributed by atoms with van der Waals surface area (Å²) in [5.41, 5.74) is 2.70. The van der Waals surface area contributed by atoms with Crippen LogP contribution in [0.5, 0.6) is 0 Å². The van der Waals surface area contributed by atoms with Gasteiger partial charge in [0.1, 0.15) is 0 Å².